The lowest BCUT2D eigenvalue weighted by Crippen LogP contribution is -2.41. The zero-order chi connectivity index (χ0) is 13.9. The van der Waals surface area contributed by atoms with E-state index in [4.69, 9.17) is 5.84 Å². The summed E-state index contributed by atoms with van der Waals surface area (Å²) in [6.45, 7) is 1.19. The average Bonchev–Trinajstić information content (AvgIpc) is 2.89. The van der Waals surface area contributed by atoms with Gasteiger partial charge in [-0.1, -0.05) is 0 Å². The Labute approximate surface area is 113 Å². The molecule has 0 bridgehead atoms. The van der Waals surface area contributed by atoms with Crippen LogP contribution in [0.25, 0.3) is 0 Å². The second-order valence-corrected chi connectivity index (χ2v) is 7.04. The van der Waals surface area contributed by atoms with E-state index in [-0.39, 0.29) is 6.04 Å². The second kappa shape index (κ2) is 6.00. The fourth-order valence-electron chi connectivity index (χ4n) is 2.58. The van der Waals surface area contributed by atoms with E-state index < -0.39 is 10.0 Å². The van der Waals surface area contributed by atoms with Crippen LogP contribution in [0.5, 0.6) is 0 Å². The highest BCUT2D eigenvalue weighted by Crippen LogP contribution is 2.26. The molecule has 8 heteroatoms. The van der Waals surface area contributed by atoms with E-state index in [2.05, 4.69) is 15.4 Å². The summed E-state index contributed by atoms with van der Waals surface area (Å²) >= 11 is 0. The molecular formula is C11H21N5O2S. The fourth-order valence-corrected chi connectivity index (χ4v) is 3.52. The number of nitrogens with zero attached hydrogens (tertiary/aromatic N) is 2. The summed E-state index contributed by atoms with van der Waals surface area (Å²) in [4.78, 5) is 7.22. The monoisotopic (exact) mass is 287 g/mol. The number of hydrazine groups is 1. The zero-order valence-corrected chi connectivity index (χ0v) is 11.9. The minimum absolute atomic E-state index is 0.0699. The highest BCUT2D eigenvalue weighted by atomic mass is 32.2. The minimum Gasteiger partial charge on any atom is -0.347 e. The molecule has 0 aromatic carbocycles. The summed E-state index contributed by atoms with van der Waals surface area (Å²) < 4.78 is 24.7. The zero-order valence-electron chi connectivity index (χ0n) is 11.0. The Morgan fingerprint density at radius 1 is 1.68 bits per heavy atom. The van der Waals surface area contributed by atoms with E-state index in [1.54, 1.807) is 16.7 Å². The van der Waals surface area contributed by atoms with Crippen LogP contribution in [0.3, 0.4) is 0 Å². The molecule has 19 heavy (non-hydrogen) atoms. The molecule has 0 saturated carbocycles. The topological polar surface area (TPSA) is 104 Å². The number of rotatable bonds is 5. The summed E-state index contributed by atoms with van der Waals surface area (Å²) in [6, 6.07) is -0.0699. The van der Waals surface area contributed by atoms with Crippen LogP contribution in [0.2, 0.25) is 0 Å². The molecule has 7 nitrogen and oxygen atoms in total. The van der Waals surface area contributed by atoms with Crippen molar-refractivity contribution in [2.24, 2.45) is 11.8 Å². The molecule has 2 rings (SSSR count). The van der Waals surface area contributed by atoms with E-state index in [1.807, 2.05) is 0 Å². The number of hydrogen-bond donors (Lipinski definition) is 3. The van der Waals surface area contributed by atoms with Crippen LogP contribution in [0, 0.1) is 5.92 Å². The maximum atomic E-state index is 11.6. The lowest BCUT2D eigenvalue weighted by molar-refractivity contribution is 0.236. The summed E-state index contributed by atoms with van der Waals surface area (Å²) in [5, 5.41) is 0. The Kier molecular flexibility index (Phi) is 4.56. The van der Waals surface area contributed by atoms with Crippen molar-refractivity contribution >= 4 is 10.0 Å². The SMILES string of the molecule is CS(=O)(=O)N1CCCC(CC(NN)c2ncc[nH]2)C1. The predicted octanol–water partition coefficient (Wildman–Crippen LogP) is -0.0242. The minimum atomic E-state index is -3.10. The molecule has 2 atom stereocenters. The third kappa shape index (κ3) is 3.75. The predicted molar refractivity (Wildman–Crippen MR) is 72.4 cm³/mol. The Balaban J connectivity index is 1.98. The number of aromatic amines is 1. The van der Waals surface area contributed by atoms with Gasteiger partial charge in [0, 0.05) is 25.5 Å². The van der Waals surface area contributed by atoms with Crippen LogP contribution in [-0.2, 0) is 10.0 Å². The van der Waals surface area contributed by atoms with Crippen LogP contribution < -0.4 is 11.3 Å². The number of nitrogens with two attached hydrogens (primary N) is 1. The van der Waals surface area contributed by atoms with Gasteiger partial charge in [-0.05, 0) is 25.2 Å². The molecule has 1 aromatic rings. The first-order valence-electron chi connectivity index (χ1n) is 6.41. The van der Waals surface area contributed by atoms with Crippen LogP contribution >= 0.6 is 0 Å². The quantitative estimate of drug-likeness (QED) is 0.521. The van der Waals surface area contributed by atoms with Gasteiger partial charge in [0.1, 0.15) is 5.82 Å². The van der Waals surface area contributed by atoms with Crippen molar-refractivity contribution in [1.29, 1.82) is 0 Å². The second-order valence-electron chi connectivity index (χ2n) is 5.06. The molecule has 1 aliphatic heterocycles. The average molecular weight is 287 g/mol. The smallest absolute Gasteiger partial charge is 0.211 e. The van der Waals surface area contributed by atoms with Gasteiger partial charge in [-0.3, -0.25) is 5.84 Å². The van der Waals surface area contributed by atoms with Gasteiger partial charge in [0.05, 0.1) is 12.3 Å². The molecule has 108 valence electrons. The molecular weight excluding hydrogens is 266 g/mol. The molecule has 0 spiro atoms. The van der Waals surface area contributed by atoms with Crippen molar-refractivity contribution in [2.45, 2.75) is 25.3 Å². The van der Waals surface area contributed by atoms with Crippen molar-refractivity contribution in [1.82, 2.24) is 19.7 Å². The van der Waals surface area contributed by atoms with E-state index >= 15 is 0 Å². The van der Waals surface area contributed by atoms with Gasteiger partial charge in [0.25, 0.3) is 0 Å². The van der Waals surface area contributed by atoms with E-state index in [0.717, 1.165) is 25.1 Å². The van der Waals surface area contributed by atoms with Crippen LogP contribution in [0.1, 0.15) is 31.1 Å². The Morgan fingerprint density at radius 2 is 2.47 bits per heavy atom. The standard InChI is InChI=1S/C11H21N5O2S/c1-19(17,18)16-6-2-3-9(8-16)7-10(15-12)11-13-4-5-14-11/h4-5,9-10,15H,2-3,6-8,12H2,1H3,(H,13,14). The Hall–Kier alpha value is -0.960. The van der Waals surface area contributed by atoms with Crippen molar-refractivity contribution in [3.8, 4) is 0 Å². The summed E-state index contributed by atoms with van der Waals surface area (Å²) in [6.07, 6.45) is 7.39. The fraction of sp³-hybridized carbons (Fsp3) is 0.727. The van der Waals surface area contributed by atoms with Crippen molar-refractivity contribution < 1.29 is 8.42 Å². The summed E-state index contributed by atoms with van der Waals surface area (Å²) in [5.74, 6) is 6.65. The van der Waals surface area contributed by atoms with Gasteiger partial charge in [0.15, 0.2) is 0 Å². The molecule has 4 N–H and O–H groups in total. The van der Waals surface area contributed by atoms with Gasteiger partial charge in [-0.15, -0.1) is 0 Å². The summed E-state index contributed by atoms with van der Waals surface area (Å²) in [7, 11) is -3.10. The maximum absolute atomic E-state index is 11.6. The van der Waals surface area contributed by atoms with Crippen molar-refractivity contribution in [3.05, 3.63) is 18.2 Å². The first-order chi connectivity index (χ1) is 9.00. The molecule has 1 aromatic heterocycles. The van der Waals surface area contributed by atoms with E-state index in [1.165, 1.54) is 6.26 Å². The van der Waals surface area contributed by atoms with E-state index in [0.29, 0.717) is 19.0 Å². The van der Waals surface area contributed by atoms with Gasteiger partial charge >= 0.3 is 0 Å². The lowest BCUT2D eigenvalue weighted by atomic mass is 9.92. The largest absolute Gasteiger partial charge is 0.347 e. The molecule has 0 aliphatic carbocycles. The number of H-pyrrole nitrogens is 1. The van der Waals surface area contributed by atoms with Crippen LogP contribution in [0.4, 0.5) is 0 Å². The maximum Gasteiger partial charge on any atom is 0.211 e. The van der Waals surface area contributed by atoms with Gasteiger partial charge < -0.3 is 4.98 Å². The third-order valence-electron chi connectivity index (χ3n) is 3.57. The normalized spacial score (nSPS) is 23.4. The molecule has 1 aliphatic rings. The number of sulfonamides is 1. The first-order valence-corrected chi connectivity index (χ1v) is 8.26. The highest BCUT2D eigenvalue weighted by Gasteiger charge is 2.28. The van der Waals surface area contributed by atoms with Crippen molar-refractivity contribution in [2.75, 3.05) is 19.3 Å². The first kappa shape index (κ1) is 14.4. The number of nitrogens with one attached hydrogen (secondary N) is 2. The van der Waals surface area contributed by atoms with Crippen LogP contribution in [0.15, 0.2) is 12.4 Å². The third-order valence-corrected chi connectivity index (χ3v) is 4.84. The molecule has 2 heterocycles. The number of imidazole rings is 1. The number of hydrogen-bond acceptors (Lipinski definition) is 5. The summed E-state index contributed by atoms with van der Waals surface area (Å²) in [5.41, 5.74) is 2.74. The van der Waals surface area contributed by atoms with Gasteiger partial charge in [-0.25, -0.2) is 23.1 Å². The Bertz CT molecular complexity index is 487. The van der Waals surface area contributed by atoms with Gasteiger partial charge in [-0.2, -0.15) is 0 Å². The lowest BCUT2D eigenvalue weighted by Gasteiger charge is -2.32. The molecule has 0 amide bonds. The van der Waals surface area contributed by atoms with E-state index in [9.17, 15) is 8.42 Å². The number of aromatic nitrogens is 2. The molecule has 1 saturated heterocycles. The molecule has 2 unspecified atom stereocenters. The van der Waals surface area contributed by atoms with Gasteiger partial charge in [0.2, 0.25) is 10.0 Å². The highest BCUT2D eigenvalue weighted by molar-refractivity contribution is 7.88. The molecule has 0 radical (unpaired) electrons. The van der Waals surface area contributed by atoms with Crippen LogP contribution in [-0.4, -0.2) is 42.0 Å². The number of piperidine rings is 1. The van der Waals surface area contributed by atoms with Crippen molar-refractivity contribution in [3.63, 3.8) is 0 Å². The molecule has 1 fully saturated rings. The Morgan fingerprint density at radius 3 is 3.05 bits per heavy atom.